The van der Waals surface area contributed by atoms with Gasteiger partial charge in [0.05, 0.1) is 6.04 Å². The van der Waals surface area contributed by atoms with Crippen LogP contribution in [-0.2, 0) is 0 Å². The number of carbonyl (C=O) groups is 1. The van der Waals surface area contributed by atoms with Crippen molar-refractivity contribution in [3.8, 4) is 0 Å². The van der Waals surface area contributed by atoms with E-state index < -0.39 is 6.04 Å². The van der Waals surface area contributed by atoms with Crippen LogP contribution in [0, 0.1) is 0 Å². The fourth-order valence-electron chi connectivity index (χ4n) is 4.12. The molecule has 0 saturated heterocycles. The van der Waals surface area contributed by atoms with Gasteiger partial charge in [0.2, 0.25) is 0 Å². The second-order valence-electron chi connectivity index (χ2n) is 7.35. The maximum atomic E-state index is 13.7. The molecule has 2 N–H and O–H groups in total. The molecule has 0 spiro atoms. The number of nitrogens with one attached hydrogen (secondary N) is 2. The number of aromatic nitrogens is 1. The van der Waals surface area contributed by atoms with Crippen LogP contribution in [0.2, 0.25) is 0 Å². The molecule has 1 aromatic heterocycles. The zero-order valence-corrected chi connectivity index (χ0v) is 16.8. The molecule has 0 fully saturated rings. The van der Waals surface area contributed by atoms with Crippen molar-refractivity contribution in [3.63, 3.8) is 0 Å². The van der Waals surface area contributed by atoms with Crippen LogP contribution in [0.15, 0.2) is 90.0 Å². The van der Waals surface area contributed by atoms with Gasteiger partial charge in [-0.2, -0.15) is 0 Å². The van der Waals surface area contributed by atoms with Crippen LogP contribution in [-0.4, -0.2) is 16.5 Å². The SMILES string of the molecule is O=C(c1c[nH]c2ccccc12)[C@@H](N[C@H]1CCSc2ccccc21)c1ccccc1. The molecule has 4 aromatic rings. The molecule has 2 heterocycles. The van der Waals surface area contributed by atoms with Crippen LogP contribution in [0.25, 0.3) is 10.9 Å². The molecule has 3 aromatic carbocycles. The number of hydrogen-bond acceptors (Lipinski definition) is 3. The summed E-state index contributed by atoms with van der Waals surface area (Å²) in [4.78, 5) is 18.3. The van der Waals surface area contributed by atoms with E-state index in [0.29, 0.717) is 0 Å². The third kappa shape index (κ3) is 3.50. The topological polar surface area (TPSA) is 44.9 Å². The van der Waals surface area contributed by atoms with Crippen LogP contribution in [0.4, 0.5) is 0 Å². The van der Waals surface area contributed by atoms with Gasteiger partial charge in [0.1, 0.15) is 0 Å². The number of H-pyrrole nitrogens is 1. The van der Waals surface area contributed by atoms with Crippen molar-refractivity contribution < 1.29 is 4.79 Å². The first-order chi connectivity index (χ1) is 14.3. The highest BCUT2D eigenvalue weighted by molar-refractivity contribution is 7.99. The number of Topliss-reactive ketones (excluding diaryl/α,β-unsaturated/α-hetero) is 1. The van der Waals surface area contributed by atoms with Gasteiger partial charge in [-0.1, -0.05) is 66.7 Å². The number of para-hydroxylation sites is 1. The summed E-state index contributed by atoms with van der Waals surface area (Å²) >= 11 is 1.89. The van der Waals surface area contributed by atoms with Crippen LogP contribution < -0.4 is 5.32 Å². The minimum Gasteiger partial charge on any atom is -0.360 e. The monoisotopic (exact) mass is 398 g/mol. The first-order valence-corrected chi connectivity index (χ1v) is 10.9. The van der Waals surface area contributed by atoms with E-state index in [1.54, 1.807) is 0 Å². The number of ketones is 1. The molecular formula is C25H22N2OS. The van der Waals surface area contributed by atoms with Crippen molar-refractivity contribution in [1.82, 2.24) is 10.3 Å². The van der Waals surface area contributed by atoms with Crippen molar-refractivity contribution >= 4 is 28.4 Å². The summed E-state index contributed by atoms with van der Waals surface area (Å²) in [6.45, 7) is 0. The van der Waals surface area contributed by atoms with Gasteiger partial charge >= 0.3 is 0 Å². The van der Waals surface area contributed by atoms with Crippen LogP contribution in [0.5, 0.6) is 0 Å². The Labute approximate surface area is 174 Å². The lowest BCUT2D eigenvalue weighted by molar-refractivity contribution is 0.0936. The highest BCUT2D eigenvalue weighted by Gasteiger charge is 2.29. The van der Waals surface area contributed by atoms with Crippen LogP contribution in [0.1, 0.15) is 40.0 Å². The van der Waals surface area contributed by atoms with Gasteiger partial charge in [-0.25, -0.2) is 0 Å². The average Bonchev–Trinajstić information content (AvgIpc) is 3.22. The third-order valence-corrected chi connectivity index (χ3v) is 6.70. The van der Waals surface area contributed by atoms with Gasteiger partial charge in [0, 0.05) is 33.6 Å². The number of hydrogen-bond donors (Lipinski definition) is 2. The molecule has 0 aliphatic carbocycles. The first kappa shape index (κ1) is 18.2. The van der Waals surface area contributed by atoms with E-state index in [-0.39, 0.29) is 11.8 Å². The molecule has 4 heteroatoms. The minimum absolute atomic E-state index is 0.101. The lowest BCUT2D eigenvalue weighted by Gasteiger charge is -2.30. The Morgan fingerprint density at radius 3 is 2.62 bits per heavy atom. The Balaban J connectivity index is 1.54. The smallest absolute Gasteiger partial charge is 0.186 e. The van der Waals surface area contributed by atoms with Gasteiger partial charge in [-0.3, -0.25) is 10.1 Å². The highest BCUT2D eigenvalue weighted by Crippen LogP contribution is 2.37. The fraction of sp³-hybridized carbons (Fsp3) is 0.160. The lowest BCUT2D eigenvalue weighted by Crippen LogP contribution is -2.33. The van der Waals surface area contributed by atoms with Crippen LogP contribution in [0.3, 0.4) is 0 Å². The Morgan fingerprint density at radius 2 is 1.72 bits per heavy atom. The Morgan fingerprint density at radius 1 is 0.966 bits per heavy atom. The summed E-state index contributed by atoms with van der Waals surface area (Å²) in [6, 6.07) is 26.3. The number of thioether (sulfide) groups is 1. The molecule has 5 rings (SSSR count). The highest BCUT2D eigenvalue weighted by atomic mass is 32.2. The normalized spacial score (nSPS) is 17.0. The quantitative estimate of drug-likeness (QED) is 0.410. The first-order valence-electron chi connectivity index (χ1n) is 9.94. The molecule has 0 amide bonds. The van der Waals surface area contributed by atoms with Crippen LogP contribution >= 0.6 is 11.8 Å². The second-order valence-corrected chi connectivity index (χ2v) is 8.49. The second kappa shape index (κ2) is 7.90. The van der Waals surface area contributed by atoms with E-state index in [1.165, 1.54) is 10.5 Å². The van der Waals surface area contributed by atoms with Crippen molar-refractivity contribution in [2.75, 3.05) is 5.75 Å². The predicted octanol–water partition coefficient (Wildman–Crippen LogP) is 5.92. The summed E-state index contributed by atoms with van der Waals surface area (Å²) in [5.41, 5.74) is 4.01. The van der Waals surface area contributed by atoms with Gasteiger partial charge < -0.3 is 4.98 Å². The average molecular weight is 399 g/mol. The van der Waals surface area contributed by atoms with E-state index in [9.17, 15) is 4.79 Å². The molecule has 2 atom stereocenters. The summed E-state index contributed by atoms with van der Waals surface area (Å²) < 4.78 is 0. The summed E-state index contributed by atoms with van der Waals surface area (Å²) in [6.07, 6.45) is 2.85. The molecular weight excluding hydrogens is 376 g/mol. The summed E-state index contributed by atoms with van der Waals surface area (Å²) in [5.74, 6) is 1.15. The third-order valence-electron chi connectivity index (χ3n) is 5.58. The van der Waals surface area contributed by atoms with E-state index in [1.807, 2.05) is 72.6 Å². The fourth-order valence-corrected chi connectivity index (χ4v) is 5.24. The van der Waals surface area contributed by atoms with E-state index >= 15 is 0 Å². The predicted molar refractivity (Wildman–Crippen MR) is 119 cm³/mol. The Bertz CT molecular complexity index is 1150. The zero-order valence-electron chi connectivity index (χ0n) is 16.0. The maximum absolute atomic E-state index is 13.7. The van der Waals surface area contributed by atoms with Gasteiger partial charge in [0.15, 0.2) is 5.78 Å². The maximum Gasteiger partial charge on any atom is 0.186 e. The molecule has 3 nitrogen and oxygen atoms in total. The number of aromatic amines is 1. The van der Waals surface area contributed by atoms with E-state index in [2.05, 4.69) is 34.6 Å². The van der Waals surface area contributed by atoms with Crippen molar-refractivity contribution in [2.45, 2.75) is 23.4 Å². The van der Waals surface area contributed by atoms with Crippen molar-refractivity contribution in [2.24, 2.45) is 0 Å². The lowest BCUT2D eigenvalue weighted by atomic mass is 9.94. The molecule has 0 unspecified atom stereocenters. The molecule has 29 heavy (non-hydrogen) atoms. The number of fused-ring (bicyclic) bond motifs is 2. The standard InChI is InChI=1S/C25H22N2OS/c28-25(20-16-26-21-12-6-4-10-18(20)21)24(17-8-2-1-3-9-17)27-22-14-15-29-23-13-7-5-11-19(22)23/h1-13,16,22,24,26-27H,14-15H2/t22-,24-/m0/s1. The molecule has 0 radical (unpaired) electrons. The van der Waals surface area contributed by atoms with Gasteiger partial charge in [-0.15, -0.1) is 11.8 Å². The van der Waals surface area contributed by atoms with Crippen molar-refractivity contribution in [1.29, 1.82) is 0 Å². The van der Waals surface area contributed by atoms with Gasteiger partial charge in [0.25, 0.3) is 0 Å². The molecule has 1 aliphatic heterocycles. The minimum atomic E-state index is -0.392. The van der Waals surface area contributed by atoms with Gasteiger partial charge in [-0.05, 0) is 35.4 Å². The summed E-state index contributed by atoms with van der Waals surface area (Å²) in [7, 11) is 0. The molecule has 1 aliphatic rings. The number of rotatable bonds is 5. The van der Waals surface area contributed by atoms with E-state index in [0.717, 1.165) is 34.2 Å². The molecule has 144 valence electrons. The number of carbonyl (C=O) groups excluding carboxylic acids is 1. The van der Waals surface area contributed by atoms with E-state index in [4.69, 9.17) is 0 Å². The Kier molecular flexibility index (Phi) is 4.96. The largest absolute Gasteiger partial charge is 0.360 e. The molecule has 0 bridgehead atoms. The Hall–Kier alpha value is -2.82. The summed E-state index contributed by atoms with van der Waals surface area (Å²) in [5, 5.41) is 4.68. The number of benzene rings is 3. The molecule has 0 saturated carbocycles. The zero-order chi connectivity index (χ0) is 19.6. The van der Waals surface area contributed by atoms with Crippen molar-refractivity contribution in [3.05, 3.63) is 102 Å².